The van der Waals surface area contributed by atoms with E-state index in [4.69, 9.17) is 33.5 Å². The fraction of sp³-hybridized carbons (Fsp3) is 0.385. The Labute approximate surface area is 121 Å². The van der Waals surface area contributed by atoms with Crippen LogP contribution in [0.4, 0.5) is 0 Å². The molecule has 102 valence electrons. The lowest BCUT2D eigenvalue weighted by atomic mass is 10.1. The summed E-state index contributed by atoms with van der Waals surface area (Å²) in [5.41, 5.74) is 6.61. The van der Waals surface area contributed by atoms with Gasteiger partial charge in [-0.2, -0.15) is 4.98 Å². The molecule has 0 spiro atoms. The van der Waals surface area contributed by atoms with Crippen LogP contribution in [0.15, 0.2) is 22.7 Å². The van der Waals surface area contributed by atoms with Crippen molar-refractivity contribution in [1.29, 1.82) is 0 Å². The molecule has 2 rings (SSSR count). The molecule has 0 bridgehead atoms. The molecule has 1 heterocycles. The third-order valence-corrected chi connectivity index (χ3v) is 3.27. The largest absolute Gasteiger partial charge is 0.339 e. The summed E-state index contributed by atoms with van der Waals surface area (Å²) in [7, 11) is 0. The van der Waals surface area contributed by atoms with E-state index >= 15 is 0 Å². The highest BCUT2D eigenvalue weighted by atomic mass is 35.5. The monoisotopic (exact) mass is 299 g/mol. The quantitative estimate of drug-likeness (QED) is 0.920. The molecule has 1 aromatic heterocycles. The highest BCUT2D eigenvalue weighted by molar-refractivity contribution is 6.35. The van der Waals surface area contributed by atoms with Crippen LogP contribution < -0.4 is 5.73 Å². The molecule has 0 saturated heterocycles. The van der Waals surface area contributed by atoms with Gasteiger partial charge >= 0.3 is 0 Å². The minimum Gasteiger partial charge on any atom is -0.339 e. The van der Waals surface area contributed by atoms with Crippen molar-refractivity contribution in [2.75, 3.05) is 0 Å². The molecular weight excluding hydrogens is 285 g/mol. The number of benzene rings is 1. The summed E-state index contributed by atoms with van der Waals surface area (Å²) in [5, 5.41) is 5.15. The van der Waals surface area contributed by atoms with Crippen LogP contribution in [-0.2, 0) is 12.8 Å². The number of halogens is 2. The molecule has 1 unspecified atom stereocenters. The van der Waals surface area contributed by atoms with Crippen LogP contribution in [0, 0.1) is 0 Å². The lowest BCUT2D eigenvalue weighted by molar-refractivity contribution is 0.368. The molecule has 0 amide bonds. The van der Waals surface area contributed by atoms with Gasteiger partial charge in [0.25, 0.3) is 0 Å². The van der Waals surface area contributed by atoms with E-state index < -0.39 is 0 Å². The summed E-state index contributed by atoms with van der Waals surface area (Å²) in [6, 6.07) is 5.49. The summed E-state index contributed by atoms with van der Waals surface area (Å²) in [6.07, 6.45) is 2.04. The number of aromatic nitrogens is 2. The number of nitrogens with zero attached hydrogens (tertiary/aromatic N) is 2. The molecule has 2 aromatic rings. The van der Waals surface area contributed by atoms with Crippen LogP contribution in [0.25, 0.3) is 0 Å². The molecule has 0 aliphatic heterocycles. The van der Waals surface area contributed by atoms with Crippen molar-refractivity contribution in [2.24, 2.45) is 5.73 Å². The van der Waals surface area contributed by atoms with Crippen LogP contribution in [0.5, 0.6) is 0 Å². The first-order valence-electron chi connectivity index (χ1n) is 6.05. The topological polar surface area (TPSA) is 64.9 Å². The minimum atomic E-state index is 0.126. The van der Waals surface area contributed by atoms with E-state index in [2.05, 4.69) is 10.1 Å². The van der Waals surface area contributed by atoms with Crippen molar-refractivity contribution in [1.82, 2.24) is 10.1 Å². The van der Waals surface area contributed by atoms with Crippen molar-refractivity contribution in [3.63, 3.8) is 0 Å². The maximum atomic E-state index is 6.10. The van der Waals surface area contributed by atoms with E-state index in [0.717, 1.165) is 12.0 Å². The first kappa shape index (κ1) is 14.3. The maximum Gasteiger partial charge on any atom is 0.226 e. The Balaban J connectivity index is 2.03. The van der Waals surface area contributed by atoms with E-state index in [1.807, 2.05) is 13.0 Å². The van der Waals surface area contributed by atoms with Gasteiger partial charge in [-0.15, -0.1) is 0 Å². The van der Waals surface area contributed by atoms with Crippen LogP contribution in [0.2, 0.25) is 10.0 Å². The normalized spacial score (nSPS) is 12.6. The fourth-order valence-electron chi connectivity index (χ4n) is 1.65. The Morgan fingerprint density at radius 3 is 2.84 bits per heavy atom. The van der Waals surface area contributed by atoms with Gasteiger partial charge in [-0.3, -0.25) is 0 Å². The van der Waals surface area contributed by atoms with Gasteiger partial charge in [0.05, 0.1) is 0 Å². The molecule has 0 radical (unpaired) electrons. The van der Waals surface area contributed by atoms with E-state index in [0.29, 0.717) is 34.6 Å². The average molecular weight is 300 g/mol. The van der Waals surface area contributed by atoms with Crippen molar-refractivity contribution in [3.05, 3.63) is 45.5 Å². The first-order chi connectivity index (χ1) is 9.04. The molecule has 2 N–H and O–H groups in total. The molecule has 0 saturated carbocycles. The number of rotatable bonds is 5. The molecule has 0 aliphatic rings. The highest BCUT2D eigenvalue weighted by Crippen LogP contribution is 2.22. The van der Waals surface area contributed by atoms with E-state index in [1.165, 1.54) is 0 Å². The molecule has 1 atom stereocenters. The SMILES string of the molecule is CC(N)CCc1nc(Cc2ccc(Cl)cc2Cl)no1. The molecule has 0 aliphatic carbocycles. The predicted octanol–water partition coefficient (Wildman–Crippen LogP) is 3.25. The highest BCUT2D eigenvalue weighted by Gasteiger charge is 2.10. The second-order valence-electron chi connectivity index (χ2n) is 4.53. The van der Waals surface area contributed by atoms with E-state index in [9.17, 15) is 0 Å². The average Bonchev–Trinajstić information content (AvgIpc) is 2.78. The summed E-state index contributed by atoms with van der Waals surface area (Å²) in [6.45, 7) is 1.95. The molecule has 19 heavy (non-hydrogen) atoms. The van der Waals surface area contributed by atoms with Crippen molar-refractivity contribution in [3.8, 4) is 0 Å². The molecule has 1 aromatic carbocycles. The lowest BCUT2D eigenvalue weighted by Gasteiger charge is -2.01. The third kappa shape index (κ3) is 4.20. The predicted molar refractivity (Wildman–Crippen MR) is 75.5 cm³/mol. The minimum absolute atomic E-state index is 0.126. The number of aryl methyl sites for hydroxylation is 1. The van der Waals surface area contributed by atoms with Gasteiger partial charge < -0.3 is 10.3 Å². The second-order valence-corrected chi connectivity index (χ2v) is 5.38. The summed E-state index contributed by atoms with van der Waals surface area (Å²) in [5.74, 6) is 1.22. The number of hydrogen-bond donors (Lipinski definition) is 1. The van der Waals surface area contributed by atoms with E-state index in [-0.39, 0.29) is 6.04 Å². The van der Waals surface area contributed by atoms with Crippen molar-refractivity contribution < 1.29 is 4.52 Å². The molecule has 0 fully saturated rings. The fourth-order valence-corrected chi connectivity index (χ4v) is 2.13. The van der Waals surface area contributed by atoms with Gasteiger partial charge in [-0.25, -0.2) is 0 Å². The Hall–Kier alpha value is -1.10. The zero-order valence-corrected chi connectivity index (χ0v) is 12.1. The zero-order chi connectivity index (χ0) is 13.8. The second kappa shape index (κ2) is 6.37. The van der Waals surface area contributed by atoms with Gasteiger partial charge in [0.1, 0.15) is 0 Å². The van der Waals surface area contributed by atoms with Gasteiger partial charge in [0, 0.05) is 28.9 Å². The maximum absolute atomic E-state index is 6.10. The Bertz CT molecular complexity index is 555. The Morgan fingerprint density at radius 1 is 1.37 bits per heavy atom. The van der Waals surface area contributed by atoms with Crippen molar-refractivity contribution >= 4 is 23.2 Å². The van der Waals surface area contributed by atoms with Crippen LogP contribution in [-0.4, -0.2) is 16.2 Å². The van der Waals surface area contributed by atoms with Gasteiger partial charge in [0.2, 0.25) is 5.89 Å². The zero-order valence-electron chi connectivity index (χ0n) is 10.6. The van der Waals surface area contributed by atoms with Crippen LogP contribution >= 0.6 is 23.2 Å². The standard InChI is InChI=1S/C13H15Cl2N3O/c1-8(16)2-5-13-17-12(18-19-13)6-9-3-4-10(14)7-11(9)15/h3-4,7-8H,2,5-6,16H2,1H3. The van der Waals surface area contributed by atoms with Crippen LogP contribution in [0.3, 0.4) is 0 Å². The first-order valence-corrected chi connectivity index (χ1v) is 6.81. The summed E-state index contributed by atoms with van der Waals surface area (Å²) in [4.78, 5) is 4.32. The lowest BCUT2D eigenvalue weighted by Crippen LogP contribution is -2.15. The third-order valence-electron chi connectivity index (χ3n) is 2.69. The smallest absolute Gasteiger partial charge is 0.226 e. The number of nitrogens with two attached hydrogens (primary N) is 1. The molecule has 4 nitrogen and oxygen atoms in total. The Morgan fingerprint density at radius 2 is 2.16 bits per heavy atom. The van der Waals surface area contributed by atoms with Crippen LogP contribution in [0.1, 0.15) is 30.6 Å². The van der Waals surface area contributed by atoms with E-state index in [1.54, 1.807) is 12.1 Å². The Kier molecular flexibility index (Phi) is 4.80. The molecule has 6 heteroatoms. The molecular formula is C13H15Cl2N3O. The van der Waals surface area contributed by atoms with Gasteiger partial charge in [0.15, 0.2) is 5.82 Å². The summed E-state index contributed by atoms with van der Waals surface area (Å²) >= 11 is 12.0. The number of hydrogen-bond acceptors (Lipinski definition) is 4. The van der Waals surface area contributed by atoms with Crippen molar-refractivity contribution in [2.45, 2.75) is 32.2 Å². The summed E-state index contributed by atoms with van der Waals surface area (Å²) < 4.78 is 5.17. The van der Waals surface area contributed by atoms with Gasteiger partial charge in [-0.1, -0.05) is 34.4 Å². The van der Waals surface area contributed by atoms with Gasteiger partial charge in [-0.05, 0) is 31.0 Å².